The van der Waals surface area contributed by atoms with Gasteiger partial charge in [-0.1, -0.05) is 0 Å². The Kier molecular flexibility index (Phi) is 7.92. The van der Waals surface area contributed by atoms with E-state index < -0.39 is 18.0 Å². The quantitative estimate of drug-likeness (QED) is 0.552. The summed E-state index contributed by atoms with van der Waals surface area (Å²) in [5.41, 5.74) is 1.63. The molecular weight excluding hydrogens is 462 g/mol. The maximum atomic E-state index is 13.6. The number of pyridine rings is 1. The zero-order valence-electron chi connectivity index (χ0n) is 17.7. The Balaban J connectivity index is 0.000000406. The fraction of sp³-hybridized carbons (Fsp3) is 0.318. The van der Waals surface area contributed by atoms with Crippen molar-refractivity contribution in [2.24, 2.45) is 5.92 Å². The number of aliphatic carboxylic acids is 1. The number of carboxylic acid groups (broad SMARTS) is 1. The predicted octanol–water partition coefficient (Wildman–Crippen LogP) is 3.99. The van der Waals surface area contributed by atoms with Crippen LogP contribution in [0.4, 0.5) is 17.6 Å². The summed E-state index contributed by atoms with van der Waals surface area (Å²) in [5.74, 6) is -3.09. The molecule has 0 aliphatic carbocycles. The van der Waals surface area contributed by atoms with E-state index in [1.165, 1.54) is 30.9 Å². The third-order valence-corrected chi connectivity index (χ3v) is 5.00. The van der Waals surface area contributed by atoms with E-state index in [1.807, 2.05) is 23.2 Å². The summed E-state index contributed by atoms with van der Waals surface area (Å²) >= 11 is 0. The first-order valence-electron chi connectivity index (χ1n) is 10.1. The minimum absolute atomic E-state index is 0.0131. The van der Waals surface area contributed by atoms with Gasteiger partial charge in [0.1, 0.15) is 6.26 Å². The van der Waals surface area contributed by atoms with Gasteiger partial charge in [-0.25, -0.2) is 14.2 Å². The molecule has 0 saturated heterocycles. The molecule has 8 nitrogen and oxygen atoms in total. The van der Waals surface area contributed by atoms with Gasteiger partial charge >= 0.3 is 12.1 Å². The maximum absolute atomic E-state index is 13.6. The van der Waals surface area contributed by atoms with Crippen LogP contribution in [0.1, 0.15) is 22.5 Å². The number of alkyl halides is 3. The van der Waals surface area contributed by atoms with Crippen LogP contribution >= 0.6 is 0 Å². The van der Waals surface area contributed by atoms with Crippen LogP contribution in [0.15, 0.2) is 59.7 Å². The summed E-state index contributed by atoms with van der Waals surface area (Å²) < 4.78 is 58.1. The van der Waals surface area contributed by atoms with Crippen LogP contribution in [0.3, 0.4) is 0 Å². The molecule has 1 amide bonds. The highest BCUT2D eigenvalue weighted by atomic mass is 19.4. The van der Waals surface area contributed by atoms with Gasteiger partial charge in [0, 0.05) is 31.2 Å². The normalized spacial score (nSPS) is 15.5. The van der Waals surface area contributed by atoms with Crippen LogP contribution in [0.2, 0.25) is 0 Å². The highest BCUT2D eigenvalue weighted by Gasteiger charge is 2.38. The molecule has 0 saturated carbocycles. The summed E-state index contributed by atoms with van der Waals surface area (Å²) in [7, 11) is 0. The topological polar surface area (TPSA) is 97.8 Å². The van der Waals surface area contributed by atoms with Gasteiger partial charge < -0.3 is 23.7 Å². The molecule has 4 heterocycles. The Bertz CT molecular complexity index is 1100. The zero-order valence-corrected chi connectivity index (χ0v) is 17.7. The average molecular weight is 483 g/mol. The number of carbonyl (C=O) groups excluding carboxylic acids is 1. The van der Waals surface area contributed by atoms with Gasteiger partial charge in [0.05, 0.1) is 25.0 Å². The summed E-state index contributed by atoms with van der Waals surface area (Å²) in [4.78, 5) is 27.4. The number of carbonyl (C=O) groups is 2. The predicted molar refractivity (Wildman–Crippen MR) is 109 cm³/mol. The molecule has 1 unspecified atom stereocenters. The van der Waals surface area contributed by atoms with E-state index in [0.29, 0.717) is 31.7 Å². The van der Waals surface area contributed by atoms with Gasteiger partial charge in [0.15, 0.2) is 5.82 Å². The van der Waals surface area contributed by atoms with Crippen molar-refractivity contribution in [3.8, 4) is 5.88 Å². The van der Waals surface area contributed by atoms with Gasteiger partial charge in [-0.3, -0.25) is 4.79 Å². The van der Waals surface area contributed by atoms with Crippen molar-refractivity contribution in [3.63, 3.8) is 0 Å². The number of furan rings is 1. The van der Waals surface area contributed by atoms with Crippen molar-refractivity contribution in [3.05, 3.63) is 72.3 Å². The second-order valence-electron chi connectivity index (χ2n) is 7.45. The van der Waals surface area contributed by atoms with E-state index >= 15 is 0 Å². The van der Waals surface area contributed by atoms with E-state index in [1.54, 1.807) is 6.07 Å². The molecule has 0 radical (unpaired) electrons. The molecule has 1 N–H and O–H groups in total. The number of halogens is 4. The van der Waals surface area contributed by atoms with Crippen LogP contribution < -0.4 is 4.74 Å². The first kappa shape index (κ1) is 24.8. The molecule has 0 spiro atoms. The molecule has 1 aliphatic rings. The van der Waals surface area contributed by atoms with Gasteiger partial charge in [0.2, 0.25) is 5.88 Å². The van der Waals surface area contributed by atoms with Crippen LogP contribution in [0, 0.1) is 11.7 Å². The zero-order chi connectivity index (χ0) is 24.7. The van der Waals surface area contributed by atoms with Crippen molar-refractivity contribution >= 4 is 11.9 Å². The number of carboxylic acids is 1. The molecule has 182 valence electrons. The van der Waals surface area contributed by atoms with E-state index in [9.17, 15) is 22.4 Å². The Morgan fingerprint density at radius 3 is 2.62 bits per heavy atom. The average Bonchev–Trinajstić information content (AvgIpc) is 3.44. The lowest BCUT2D eigenvalue weighted by Gasteiger charge is -2.23. The van der Waals surface area contributed by atoms with Crippen LogP contribution in [-0.2, 0) is 17.9 Å². The first-order chi connectivity index (χ1) is 16.1. The number of rotatable bonds is 5. The number of amides is 1. The Morgan fingerprint density at radius 2 is 1.97 bits per heavy atom. The molecule has 0 bridgehead atoms. The summed E-state index contributed by atoms with van der Waals surface area (Å²) in [6.45, 7) is 2.26. The van der Waals surface area contributed by atoms with Gasteiger partial charge in [-0.15, -0.1) is 0 Å². The monoisotopic (exact) mass is 483 g/mol. The van der Waals surface area contributed by atoms with Crippen LogP contribution in [0.25, 0.3) is 0 Å². The third-order valence-electron chi connectivity index (χ3n) is 5.00. The minimum Gasteiger partial charge on any atom is -0.476 e. The minimum atomic E-state index is -5.08. The van der Waals surface area contributed by atoms with E-state index in [0.717, 1.165) is 12.2 Å². The molecule has 4 rings (SSSR count). The second kappa shape index (κ2) is 10.9. The first-order valence-corrected chi connectivity index (χ1v) is 10.1. The third kappa shape index (κ3) is 6.59. The fourth-order valence-corrected chi connectivity index (χ4v) is 3.38. The number of aromatic nitrogens is 2. The summed E-state index contributed by atoms with van der Waals surface area (Å²) in [6.07, 6.45) is 2.09. The fourth-order valence-electron chi connectivity index (χ4n) is 3.38. The Hall–Kier alpha value is -3.83. The molecule has 1 atom stereocenters. The smallest absolute Gasteiger partial charge is 0.476 e. The van der Waals surface area contributed by atoms with Crippen molar-refractivity contribution in [2.75, 3.05) is 13.2 Å². The lowest BCUT2D eigenvalue weighted by molar-refractivity contribution is -0.192. The molecule has 12 heteroatoms. The highest BCUT2D eigenvalue weighted by Crippen LogP contribution is 2.22. The van der Waals surface area contributed by atoms with Crippen LogP contribution in [0.5, 0.6) is 5.88 Å². The van der Waals surface area contributed by atoms with Gasteiger partial charge in [-0.05, 0) is 42.7 Å². The van der Waals surface area contributed by atoms with Crippen molar-refractivity contribution in [1.82, 2.24) is 14.5 Å². The molecule has 34 heavy (non-hydrogen) atoms. The second-order valence-corrected chi connectivity index (χ2v) is 7.45. The maximum Gasteiger partial charge on any atom is 0.490 e. The molecule has 3 aromatic rings. The van der Waals surface area contributed by atoms with E-state index in [-0.39, 0.29) is 17.7 Å². The SMILES string of the molecule is O=C(O)C(F)(F)F.O=C(c1ccoc1)N1Cc2cccn2CC(CCOc2ncccc2F)C1. The Morgan fingerprint density at radius 1 is 1.21 bits per heavy atom. The van der Waals surface area contributed by atoms with E-state index in [4.69, 9.17) is 19.1 Å². The van der Waals surface area contributed by atoms with Gasteiger partial charge in [-0.2, -0.15) is 13.2 Å². The molecular formula is C22H21F4N3O5. The largest absolute Gasteiger partial charge is 0.490 e. The lowest BCUT2D eigenvalue weighted by atomic mass is 10.1. The summed E-state index contributed by atoms with van der Waals surface area (Å²) in [6, 6.07) is 8.54. The lowest BCUT2D eigenvalue weighted by Crippen LogP contribution is -2.34. The van der Waals surface area contributed by atoms with Crippen LogP contribution in [-0.4, -0.2) is 50.8 Å². The van der Waals surface area contributed by atoms with Crippen molar-refractivity contribution < 1.29 is 41.4 Å². The number of hydrogen-bond donors (Lipinski definition) is 1. The standard InChI is InChI=1S/C20H20FN3O3.C2HF3O2/c21-18-4-1-7-22-19(18)27-10-5-15-11-23-8-2-3-17(23)13-24(12-15)20(25)16-6-9-26-14-16;3-2(4,5)1(6)7/h1-4,6-9,14-15H,5,10-13H2;(H,6,7). The molecule has 0 aromatic carbocycles. The number of ether oxygens (including phenoxy) is 1. The molecule has 3 aromatic heterocycles. The summed E-state index contributed by atoms with van der Waals surface area (Å²) in [5, 5.41) is 7.12. The molecule has 1 aliphatic heterocycles. The molecule has 0 fully saturated rings. The number of nitrogens with zero attached hydrogens (tertiary/aromatic N) is 3. The number of hydrogen-bond acceptors (Lipinski definition) is 5. The highest BCUT2D eigenvalue weighted by molar-refractivity contribution is 5.93. The van der Waals surface area contributed by atoms with E-state index in [2.05, 4.69) is 9.55 Å². The van der Waals surface area contributed by atoms with Gasteiger partial charge in [0.25, 0.3) is 5.91 Å². The number of fused-ring (bicyclic) bond motifs is 1. The van der Waals surface area contributed by atoms with Crippen molar-refractivity contribution in [1.29, 1.82) is 0 Å². The Labute approximate surface area is 191 Å². The van der Waals surface area contributed by atoms with Crippen molar-refractivity contribution in [2.45, 2.75) is 25.7 Å².